The number of halogens is 1. The third-order valence-electron chi connectivity index (χ3n) is 3.00. The highest BCUT2D eigenvalue weighted by Crippen LogP contribution is 2.30. The van der Waals surface area contributed by atoms with E-state index in [9.17, 15) is 10.1 Å². The molecule has 0 aliphatic heterocycles. The van der Waals surface area contributed by atoms with Gasteiger partial charge in [-0.25, -0.2) is 0 Å². The van der Waals surface area contributed by atoms with Crippen LogP contribution in [0.5, 0.6) is 5.75 Å². The van der Waals surface area contributed by atoms with Crippen LogP contribution in [-0.2, 0) is 0 Å². The van der Waals surface area contributed by atoms with Gasteiger partial charge in [-0.15, -0.1) is 0 Å². The van der Waals surface area contributed by atoms with Gasteiger partial charge < -0.3 is 10.1 Å². The van der Waals surface area contributed by atoms with Gasteiger partial charge in [0.1, 0.15) is 5.54 Å². The number of nitrogens with zero attached hydrogens (tertiary/aromatic N) is 2. The Balaban J connectivity index is 2.61. The fourth-order valence-corrected chi connectivity index (χ4v) is 1.76. The van der Waals surface area contributed by atoms with Crippen LogP contribution in [-0.4, -0.2) is 24.1 Å². The van der Waals surface area contributed by atoms with Crippen LogP contribution in [0, 0.1) is 21.4 Å². The summed E-state index contributed by atoms with van der Waals surface area (Å²) in [5.74, 6) is 0.144. The van der Waals surface area contributed by atoms with Gasteiger partial charge in [-0.05, 0) is 32.9 Å². The topological polar surface area (TPSA) is 88.2 Å². The van der Waals surface area contributed by atoms with Crippen LogP contribution in [0.2, 0.25) is 5.02 Å². The third-order valence-corrected chi connectivity index (χ3v) is 3.23. The molecule has 1 aromatic carbocycles. The lowest BCUT2D eigenvalue weighted by molar-refractivity contribution is -0.385. The third kappa shape index (κ3) is 4.37. The minimum Gasteiger partial charge on any atom is -0.487 e. The molecule has 0 amide bonds. The quantitative estimate of drug-likeness (QED) is 0.475. The average Bonchev–Trinajstić information content (AvgIpc) is 2.43. The van der Waals surface area contributed by atoms with Gasteiger partial charge in [0.05, 0.1) is 17.6 Å². The molecule has 0 aliphatic rings. The molecule has 7 heteroatoms. The second-order valence-corrected chi connectivity index (χ2v) is 4.95. The van der Waals surface area contributed by atoms with Crippen LogP contribution in [0.1, 0.15) is 19.8 Å². The first-order chi connectivity index (χ1) is 9.41. The van der Waals surface area contributed by atoms with E-state index in [-0.39, 0.29) is 18.0 Å². The van der Waals surface area contributed by atoms with Crippen molar-refractivity contribution in [1.82, 2.24) is 5.32 Å². The maximum absolute atomic E-state index is 10.8. The molecule has 20 heavy (non-hydrogen) atoms. The molecule has 0 radical (unpaired) electrons. The Morgan fingerprint density at radius 2 is 2.30 bits per heavy atom. The molecule has 1 rings (SSSR count). The zero-order valence-electron chi connectivity index (χ0n) is 11.4. The number of hydrogen-bond donors (Lipinski definition) is 1. The summed E-state index contributed by atoms with van der Waals surface area (Å²) in [6, 6.07) is 6.34. The number of nitro benzene ring substituents is 1. The molecule has 0 heterocycles. The highest BCUT2D eigenvalue weighted by Gasteiger charge is 2.21. The van der Waals surface area contributed by atoms with E-state index < -0.39 is 10.5 Å². The number of nitrogens with one attached hydrogen (secondary N) is 1. The molecule has 1 atom stereocenters. The van der Waals surface area contributed by atoms with Gasteiger partial charge in [-0.3, -0.25) is 10.1 Å². The van der Waals surface area contributed by atoms with Gasteiger partial charge in [0.15, 0.2) is 5.75 Å². The molecule has 108 valence electrons. The van der Waals surface area contributed by atoms with Crippen molar-refractivity contribution in [2.45, 2.75) is 25.3 Å². The zero-order valence-corrected chi connectivity index (χ0v) is 12.1. The fraction of sp³-hybridized carbons (Fsp3) is 0.462. The molecule has 1 unspecified atom stereocenters. The van der Waals surface area contributed by atoms with Crippen molar-refractivity contribution in [3.8, 4) is 11.8 Å². The summed E-state index contributed by atoms with van der Waals surface area (Å²) in [7, 11) is 1.71. The normalized spacial score (nSPS) is 13.3. The van der Waals surface area contributed by atoms with Crippen LogP contribution >= 0.6 is 11.6 Å². The van der Waals surface area contributed by atoms with Crippen molar-refractivity contribution in [2.24, 2.45) is 0 Å². The Kier molecular flexibility index (Phi) is 5.74. The summed E-state index contributed by atoms with van der Waals surface area (Å²) >= 11 is 5.80. The molecule has 0 saturated carbocycles. The Labute approximate surface area is 122 Å². The molecule has 0 spiro atoms. The van der Waals surface area contributed by atoms with E-state index in [1.807, 2.05) is 0 Å². The van der Waals surface area contributed by atoms with E-state index in [2.05, 4.69) is 11.4 Å². The van der Waals surface area contributed by atoms with Crippen LogP contribution in [0.4, 0.5) is 5.69 Å². The summed E-state index contributed by atoms with van der Waals surface area (Å²) in [5, 5.41) is 23.1. The van der Waals surface area contributed by atoms with Crippen LogP contribution < -0.4 is 10.1 Å². The molecule has 0 aromatic heterocycles. The highest BCUT2D eigenvalue weighted by molar-refractivity contribution is 6.30. The molecule has 0 bridgehead atoms. The van der Waals surface area contributed by atoms with Crippen LogP contribution in [0.15, 0.2) is 18.2 Å². The van der Waals surface area contributed by atoms with Crippen molar-refractivity contribution < 1.29 is 9.66 Å². The predicted molar refractivity (Wildman–Crippen MR) is 75.9 cm³/mol. The van der Waals surface area contributed by atoms with Crippen molar-refractivity contribution in [3.63, 3.8) is 0 Å². The molecule has 1 aromatic rings. The first kappa shape index (κ1) is 16.2. The summed E-state index contributed by atoms with van der Waals surface area (Å²) in [4.78, 5) is 10.3. The van der Waals surface area contributed by atoms with Crippen LogP contribution in [0.3, 0.4) is 0 Å². The first-order valence-electron chi connectivity index (χ1n) is 6.09. The number of rotatable bonds is 7. The number of nitriles is 1. The van der Waals surface area contributed by atoms with E-state index >= 15 is 0 Å². The summed E-state index contributed by atoms with van der Waals surface area (Å²) < 4.78 is 5.40. The molecular weight excluding hydrogens is 282 g/mol. The van der Waals surface area contributed by atoms with Crippen molar-refractivity contribution in [2.75, 3.05) is 13.7 Å². The van der Waals surface area contributed by atoms with Gasteiger partial charge in [-0.2, -0.15) is 5.26 Å². The minimum atomic E-state index is -0.621. The highest BCUT2D eigenvalue weighted by atomic mass is 35.5. The number of hydrogen-bond acceptors (Lipinski definition) is 5. The maximum atomic E-state index is 10.8. The molecule has 0 aliphatic carbocycles. The average molecular weight is 298 g/mol. The van der Waals surface area contributed by atoms with E-state index in [4.69, 9.17) is 21.6 Å². The van der Waals surface area contributed by atoms with Gasteiger partial charge >= 0.3 is 5.69 Å². The first-order valence-corrected chi connectivity index (χ1v) is 6.46. The standard InChI is InChI=1S/C13H16ClN3O3/c1-13(9-15,16-2)6-3-7-20-12-8-10(14)4-5-11(12)17(18)19/h4-5,8,16H,3,6-7H2,1-2H3. The maximum Gasteiger partial charge on any atom is 0.311 e. The minimum absolute atomic E-state index is 0.119. The van der Waals surface area contributed by atoms with E-state index in [1.165, 1.54) is 18.2 Å². The second-order valence-electron chi connectivity index (χ2n) is 4.52. The smallest absolute Gasteiger partial charge is 0.311 e. The predicted octanol–water partition coefficient (Wildman–Crippen LogP) is 2.91. The Morgan fingerprint density at radius 3 is 2.85 bits per heavy atom. The SMILES string of the molecule is CNC(C)(C#N)CCCOc1cc(Cl)ccc1[N+](=O)[O-]. The molecule has 0 fully saturated rings. The van der Waals surface area contributed by atoms with Gasteiger partial charge in [0.25, 0.3) is 0 Å². The zero-order chi connectivity index (χ0) is 15.2. The van der Waals surface area contributed by atoms with Crippen molar-refractivity contribution in [3.05, 3.63) is 33.3 Å². The Hall–Kier alpha value is -1.84. The number of nitro groups is 1. The van der Waals surface area contributed by atoms with E-state index in [0.717, 1.165) is 0 Å². The summed E-state index contributed by atoms with van der Waals surface area (Å²) in [5.41, 5.74) is -0.741. The molecule has 1 N–H and O–H groups in total. The van der Waals surface area contributed by atoms with Gasteiger partial charge in [0, 0.05) is 17.2 Å². The molecular formula is C13H16ClN3O3. The molecule has 0 saturated heterocycles. The molecule has 6 nitrogen and oxygen atoms in total. The Morgan fingerprint density at radius 1 is 1.60 bits per heavy atom. The van der Waals surface area contributed by atoms with Crippen molar-refractivity contribution in [1.29, 1.82) is 5.26 Å². The monoisotopic (exact) mass is 297 g/mol. The summed E-state index contributed by atoms with van der Waals surface area (Å²) in [6.45, 7) is 2.06. The number of ether oxygens (including phenoxy) is 1. The fourth-order valence-electron chi connectivity index (χ4n) is 1.60. The lowest BCUT2D eigenvalue weighted by atomic mass is 9.98. The lowest BCUT2D eigenvalue weighted by Gasteiger charge is -2.20. The summed E-state index contributed by atoms with van der Waals surface area (Å²) in [6.07, 6.45) is 1.17. The largest absolute Gasteiger partial charge is 0.487 e. The van der Waals surface area contributed by atoms with E-state index in [1.54, 1.807) is 14.0 Å². The van der Waals surface area contributed by atoms with E-state index in [0.29, 0.717) is 17.9 Å². The second kappa shape index (κ2) is 7.08. The van der Waals surface area contributed by atoms with Crippen LogP contribution in [0.25, 0.3) is 0 Å². The Bertz CT molecular complexity index is 530. The number of benzene rings is 1. The van der Waals surface area contributed by atoms with Crippen molar-refractivity contribution >= 4 is 17.3 Å². The van der Waals surface area contributed by atoms with Gasteiger partial charge in [0.2, 0.25) is 0 Å². The lowest BCUT2D eigenvalue weighted by Crippen LogP contribution is -2.38. The van der Waals surface area contributed by atoms with Gasteiger partial charge in [-0.1, -0.05) is 11.6 Å².